The van der Waals surface area contributed by atoms with Crippen molar-refractivity contribution in [3.05, 3.63) is 114 Å². The third-order valence-electron chi connectivity index (χ3n) is 8.49. The van der Waals surface area contributed by atoms with Gasteiger partial charge in [0, 0.05) is 95.1 Å². The summed E-state index contributed by atoms with van der Waals surface area (Å²) in [6.45, 7) is 20.1. The summed E-state index contributed by atoms with van der Waals surface area (Å²) in [5.74, 6) is 0.922. The number of anilines is 4. The Morgan fingerprint density at radius 1 is 0.627 bits per heavy atom. The van der Waals surface area contributed by atoms with E-state index in [-0.39, 0.29) is 18.0 Å². The zero-order valence-electron chi connectivity index (χ0n) is 42.1. The Bertz CT molecular complexity index is 3090. The Morgan fingerprint density at radius 3 is 1.48 bits per heavy atom. The van der Waals surface area contributed by atoms with Crippen molar-refractivity contribution in [3.63, 3.8) is 0 Å². The lowest BCUT2D eigenvalue weighted by Gasteiger charge is -2.11. The average Bonchev–Trinajstić information content (AvgIpc) is 3.80. The van der Waals surface area contributed by atoms with Crippen LogP contribution in [0.25, 0.3) is 33.6 Å². The molecule has 8 rings (SSSR count). The average molecular weight is 1290 g/mol. The number of imidazole rings is 2. The van der Waals surface area contributed by atoms with E-state index in [0.717, 1.165) is 71.3 Å². The normalized spacial score (nSPS) is 10.0. The molecule has 0 saturated carbocycles. The van der Waals surface area contributed by atoms with Gasteiger partial charge in [-0.05, 0) is 163 Å². The van der Waals surface area contributed by atoms with Crippen molar-refractivity contribution in [1.29, 1.82) is 0 Å². The number of aliphatic carboxylic acids is 1. The second-order valence-electron chi connectivity index (χ2n) is 15.8. The van der Waals surface area contributed by atoms with E-state index >= 15 is 0 Å². The molecule has 0 fully saturated rings. The van der Waals surface area contributed by atoms with Gasteiger partial charge in [0.2, 0.25) is 10.6 Å². The highest BCUT2D eigenvalue weighted by Crippen LogP contribution is 2.26. The summed E-state index contributed by atoms with van der Waals surface area (Å²) >= 11 is 26.5. The number of fused-ring (bicyclic) bond motifs is 2. The van der Waals surface area contributed by atoms with Crippen LogP contribution in [0.2, 0.25) is 15.7 Å². The van der Waals surface area contributed by atoms with Crippen molar-refractivity contribution in [2.75, 3.05) is 22.5 Å². The Balaban J connectivity index is 0.000000458. The zero-order valence-corrected chi connectivity index (χ0v) is 49.1. The molecule has 0 aliphatic carbocycles. The molecule has 21 nitrogen and oxygen atoms in total. The first kappa shape index (κ1) is 66.8. The molecule has 0 unspecified atom stereocenters. The number of nitrogens with two attached hydrogens (primary N) is 3. The molecule has 0 spiro atoms. The lowest BCUT2D eigenvalue weighted by atomic mass is 10.2. The van der Waals surface area contributed by atoms with Crippen molar-refractivity contribution in [1.82, 2.24) is 59.0 Å². The number of esters is 2. The first-order valence-corrected chi connectivity index (χ1v) is 25.3. The summed E-state index contributed by atoms with van der Waals surface area (Å²) in [7, 11) is 0. The highest BCUT2D eigenvalue weighted by molar-refractivity contribution is 9.11. The van der Waals surface area contributed by atoms with Gasteiger partial charge in [-0.25, -0.2) is 49.8 Å². The van der Waals surface area contributed by atoms with E-state index in [2.05, 4.69) is 164 Å². The minimum absolute atomic E-state index is 0. The molecule has 0 saturated heterocycles. The van der Waals surface area contributed by atoms with Gasteiger partial charge in [-0.1, -0.05) is 19.0 Å². The van der Waals surface area contributed by atoms with Gasteiger partial charge in [0.25, 0.3) is 5.97 Å². The van der Waals surface area contributed by atoms with Gasteiger partial charge in [0.15, 0.2) is 11.3 Å². The topological polar surface area (TPSA) is 310 Å². The third-order valence-corrected chi connectivity index (χ3v) is 10.4. The van der Waals surface area contributed by atoms with E-state index in [9.17, 15) is 9.59 Å². The maximum Gasteiger partial charge on any atom is 0.310 e. The Hall–Kier alpha value is -6.18. The molecule has 8 N–H and O–H groups in total. The minimum atomic E-state index is -0.833. The maximum atomic E-state index is 9.81. The molecule has 8 aromatic heterocycles. The highest BCUT2D eigenvalue weighted by atomic mass is 79.9. The lowest BCUT2D eigenvalue weighted by Crippen LogP contribution is -2.11. The summed E-state index contributed by atoms with van der Waals surface area (Å²) in [6.07, 6.45) is 9.96. The Kier molecular flexibility index (Phi) is 29.4. The molecule has 0 radical (unpaired) electrons. The quantitative estimate of drug-likeness (QED) is 0.0463. The number of aryl methyl sites for hydroxylation is 2. The fourth-order valence-electron chi connectivity index (χ4n) is 5.96. The predicted molar refractivity (Wildman–Crippen MR) is 309 cm³/mol. The van der Waals surface area contributed by atoms with Crippen LogP contribution in [-0.2, 0) is 19.1 Å². The van der Waals surface area contributed by atoms with Gasteiger partial charge in [0.05, 0.1) is 28.1 Å². The number of hydrogen-bond donors (Lipinski definition) is 5. The van der Waals surface area contributed by atoms with Gasteiger partial charge in [-0.15, -0.1) is 0 Å². The van der Waals surface area contributed by atoms with Gasteiger partial charge in [-0.2, -0.15) is 0 Å². The first-order chi connectivity index (χ1) is 34.6. The lowest BCUT2D eigenvalue weighted by molar-refractivity contribution is -0.156. The van der Waals surface area contributed by atoms with Crippen molar-refractivity contribution in [2.24, 2.45) is 0 Å². The number of hydrogen-bond acceptors (Lipinski definition) is 18. The van der Waals surface area contributed by atoms with Crippen LogP contribution in [0.3, 0.4) is 0 Å². The van der Waals surface area contributed by atoms with Crippen LogP contribution in [-0.4, -0.2) is 88.0 Å². The van der Waals surface area contributed by atoms with Gasteiger partial charge in [0.1, 0.15) is 28.4 Å². The molecule has 27 heteroatoms. The van der Waals surface area contributed by atoms with E-state index in [1.165, 1.54) is 20.0 Å². The Morgan fingerprint density at radius 2 is 1.07 bits per heavy atom. The number of aromatic nitrogens is 12. The monoisotopic (exact) mass is 1280 g/mol. The molecular weight excluding hydrogens is 1230 g/mol. The predicted octanol–water partition coefficient (Wildman–Crippen LogP) is 12.4. The van der Waals surface area contributed by atoms with Gasteiger partial charge < -0.3 is 41.5 Å². The number of ether oxygens (including phenoxy) is 1. The molecule has 0 aliphatic rings. The van der Waals surface area contributed by atoms with Crippen molar-refractivity contribution in [2.45, 2.75) is 102 Å². The standard InChI is InChI=1S/C14H14ClN5.C10H12BrN3.C8H12BrN3.C5H6BrN3.C4H2Cl2N2.C4H6O3.C2H4O2.CH4/c1-8(2)20-9(3)18-13-12(20)6-10(7-17-13)11-4-5-16-14(15)19-11;1-6(2)14-7(3)13-10-9(14)4-8(11)5-12-10;1-5(2)12-7-3-6(9)4-11-8(7)10;6-3-1-4(7)5(8)9-2-3;5-3-1-2-7-4(6)8-3;1-3(5)7-4(2)6;1-2(3)4;/h4-8H,1-3H3;4-6H,1-3H3;3-5,12H,1-2H3,(H2,10,11);1-2H,7H2,(H2,8,9);1-2H;1-2H3;1H3,(H,3,4);1H4. The minimum Gasteiger partial charge on any atom is -0.481 e. The SMILES string of the molecule is C.CC(=O)O.CC(=O)OC(C)=O.CC(C)Nc1cc(Br)cnc1N.Cc1nc2ncc(-c3ccnc(Cl)n3)cc2n1C(C)C.Cc1nc2ncc(Br)cc2n1C(C)C.Clc1ccnc(Cl)n1.Nc1cc(Br)cnc1N. The van der Waals surface area contributed by atoms with E-state index in [1.54, 1.807) is 43.1 Å². The molecule has 0 atom stereocenters. The molecule has 8 heterocycles. The zero-order chi connectivity index (χ0) is 56.0. The second kappa shape index (κ2) is 33.0. The van der Waals surface area contributed by atoms with Crippen LogP contribution in [0.15, 0.2) is 87.0 Å². The number of carbonyl (C=O) groups is 3. The van der Waals surface area contributed by atoms with Crippen LogP contribution in [0.1, 0.15) is 93.5 Å². The molecular formula is C48H60Br3Cl3N16O5. The number of carboxylic acid groups (broad SMARTS) is 1. The number of carbonyl (C=O) groups excluding carboxylic acids is 2. The van der Waals surface area contributed by atoms with Crippen LogP contribution >= 0.6 is 82.6 Å². The molecule has 8 aromatic rings. The van der Waals surface area contributed by atoms with E-state index < -0.39 is 17.9 Å². The molecule has 75 heavy (non-hydrogen) atoms. The molecule has 404 valence electrons. The Labute approximate surface area is 475 Å². The number of pyridine rings is 4. The van der Waals surface area contributed by atoms with E-state index in [4.69, 9.17) is 61.9 Å². The molecule has 0 aliphatic heterocycles. The van der Waals surface area contributed by atoms with Crippen LogP contribution in [0, 0.1) is 13.8 Å². The molecule has 0 aromatic carbocycles. The molecule has 0 bridgehead atoms. The largest absolute Gasteiger partial charge is 0.481 e. The van der Waals surface area contributed by atoms with Crippen LogP contribution < -0.4 is 22.5 Å². The highest BCUT2D eigenvalue weighted by Gasteiger charge is 2.14. The van der Waals surface area contributed by atoms with Crippen LogP contribution in [0.4, 0.5) is 23.0 Å². The summed E-state index contributed by atoms with van der Waals surface area (Å²) in [5.41, 5.74) is 23.1. The second-order valence-corrected chi connectivity index (χ2v) is 19.6. The smallest absolute Gasteiger partial charge is 0.310 e. The van der Waals surface area contributed by atoms with Crippen molar-refractivity contribution >= 4 is 146 Å². The third kappa shape index (κ3) is 24.4. The molecule has 0 amide bonds. The van der Waals surface area contributed by atoms with E-state index in [0.29, 0.717) is 40.6 Å². The first-order valence-electron chi connectivity index (χ1n) is 21.8. The maximum absolute atomic E-state index is 9.81. The number of nitrogen functional groups attached to an aromatic ring is 3. The number of rotatable bonds is 5. The summed E-state index contributed by atoms with van der Waals surface area (Å²) in [6, 6.07) is 12.2. The van der Waals surface area contributed by atoms with Crippen LogP contribution in [0.5, 0.6) is 0 Å². The number of nitrogens with one attached hydrogen (secondary N) is 1. The summed E-state index contributed by atoms with van der Waals surface area (Å²) < 4.78 is 11.1. The van der Waals surface area contributed by atoms with Crippen molar-refractivity contribution < 1.29 is 24.2 Å². The van der Waals surface area contributed by atoms with E-state index in [1.807, 2.05) is 32.0 Å². The summed E-state index contributed by atoms with van der Waals surface area (Å²) in [5, 5.41) is 11.4. The van der Waals surface area contributed by atoms with Gasteiger partial charge in [-0.3, -0.25) is 14.4 Å². The fraction of sp³-hybridized carbons (Fsp3) is 0.312. The number of carboxylic acids is 1. The van der Waals surface area contributed by atoms with Gasteiger partial charge >= 0.3 is 11.9 Å². The summed E-state index contributed by atoms with van der Waals surface area (Å²) in [4.78, 5) is 69.3. The number of nitrogens with zero attached hydrogens (tertiary/aromatic N) is 12. The van der Waals surface area contributed by atoms with Crippen molar-refractivity contribution in [3.8, 4) is 11.3 Å². The number of halogens is 6. The fourth-order valence-corrected chi connectivity index (χ4v) is 7.43.